The molecule has 0 aliphatic rings. The van der Waals surface area contributed by atoms with Crippen LogP contribution in [0.4, 0.5) is 4.79 Å². The smallest absolute Gasteiger partial charge is 0.332 e. The standard InChI is InChI=1S/C16H28N2O5/c1-7-22-13(19)8-12(6)17-16(21)18-14(11(4)5)15(20)23-9-10(2)3/h8,10-11,14H,7,9H2,1-6H3,(H2,17,18,21)/b12-8-/t14-/m0/s1. The summed E-state index contributed by atoms with van der Waals surface area (Å²) in [5, 5.41) is 5.04. The van der Waals surface area contributed by atoms with Crippen LogP contribution in [0.15, 0.2) is 11.8 Å². The Labute approximate surface area is 137 Å². The van der Waals surface area contributed by atoms with Gasteiger partial charge in [-0.05, 0) is 25.7 Å². The van der Waals surface area contributed by atoms with E-state index in [4.69, 9.17) is 9.47 Å². The van der Waals surface area contributed by atoms with E-state index >= 15 is 0 Å². The van der Waals surface area contributed by atoms with Gasteiger partial charge in [0.25, 0.3) is 0 Å². The third-order valence-corrected chi connectivity index (χ3v) is 2.70. The molecule has 0 saturated carbocycles. The highest BCUT2D eigenvalue weighted by molar-refractivity contribution is 5.86. The van der Waals surface area contributed by atoms with Gasteiger partial charge in [0, 0.05) is 11.8 Å². The van der Waals surface area contributed by atoms with Crippen molar-refractivity contribution >= 4 is 18.0 Å². The first kappa shape index (κ1) is 20.9. The minimum absolute atomic E-state index is 0.130. The fraction of sp³-hybridized carbons (Fsp3) is 0.688. The molecular weight excluding hydrogens is 300 g/mol. The van der Waals surface area contributed by atoms with Gasteiger partial charge in [-0.15, -0.1) is 0 Å². The van der Waals surface area contributed by atoms with Gasteiger partial charge in [0.2, 0.25) is 0 Å². The van der Waals surface area contributed by atoms with Gasteiger partial charge in [-0.25, -0.2) is 14.4 Å². The molecule has 0 aromatic carbocycles. The fourth-order valence-corrected chi connectivity index (χ4v) is 1.59. The molecule has 0 spiro atoms. The summed E-state index contributed by atoms with van der Waals surface area (Å²) in [6, 6.07) is -1.34. The van der Waals surface area contributed by atoms with E-state index in [0.29, 0.717) is 12.3 Å². The van der Waals surface area contributed by atoms with E-state index in [2.05, 4.69) is 10.6 Å². The van der Waals surface area contributed by atoms with Crippen LogP contribution in [-0.2, 0) is 19.1 Å². The number of rotatable bonds is 8. The van der Waals surface area contributed by atoms with Crippen LogP contribution in [0.5, 0.6) is 0 Å². The van der Waals surface area contributed by atoms with Gasteiger partial charge < -0.3 is 20.1 Å². The molecule has 0 radical (unpaired) electrons. The summed E-state index contributed by atoms with van der Waals surface area (Å²) in [5.41, 5.74) is 0.319. The van der Waals surface area contributed by atoms with Crippen LogP contribution in [0.1, 0.15) is 41.5 Å². The van der Waals surface area contributed by atoms with E-state index in [9.17, 15) is 14.4 Å². The number of carbonyl (C=O) groups is 3. The molecular formula is C16H28N2O5. The highest BCUT2D eigenvalue weighted by Gasteiger charge is 2.26. The van der Waals surface area contributed by atoms with Gasteiger partial charge in [-0.3, -0.25) is 0 Å². The second-order valence-electron chi connectivity index (χ2n) is 5.92. The number of ether oxygens (including phenoxy) is 2. The van der Waals surface area contributed by atoms with Crippen molar-refractivity contribution in [3.05, 3.63) is 11.8 Å². The highest BCUT2D eigenvalue weighted by atomic mass is 16.5. The maximum Gasteiger partial charge on any atom is 0.332 e. The number of esters is 2. The van der Waals surface area contributed by atoms with Crippen molar-refractivity contribution in [1.29, 1.82) is 0 Å². The van der Waals surface area contributed by atoms with Crippen molar-refractivity contribution in [1.82, 2.24) is 10.6 Å². The molecule has 0 saturated heterocycles. The van der Waals surface area contributed by atoms with Crippen LogP contribution < -0.4 is 10.6 Å². The van der Waals surface area contributed by atoms with Gasteiger partial charge >= 0.3 is 18.0 Å². The largest absolute Gasteiger partial charge is 0.464 e. The SMILES string of the molecule is CCOC(=O)/C=C(/C)NC(=O)N[C@H](C(=O)OCC(C)C)C(C)C. The zero-order valence-corrected chi connectivity index (χ0v) is 14.8. The molecule has 0 heterocycles. The monoisotopic (exact) mass is 328 g/mol. The van der Waals surface area contributed by atoms with E-state index in [1.54, 1.807) is 13.8 Å². The van der Waals surface area contributed by atoms with E-state index < -0.39 is 24.0 Å². The molecule has 0 aromatic rings. The zero-order valence-electron chi connectivity index (χ0n) is 14.8. The maximum absolute atomic E-state index is 12.0. The van der Waals surface area contributed by atoms with Gasteiger partial charge in [0.15, 0.2) is 0 Å². The van der Waals surface area contributed by atoms with Gasteiger partial charge in [0.1, 0.15) is 6.04 Å². The molecule has 0 bridgehead atoms. The van der Waals surface area contributed by atoms with Gasteiger partial charge in [0.05, 0.1) is 13.2 Å². The number of carbonyl (C=O) groups excluding carboxylic acids is 3. The van der Waals surface area contributed by atoms with Crippen LogP contribution in [-0.4, -0.2) is 37.2 Å². The van der Waals surface area contributed by atoms with Crippen LogP contribution in [0.25, 0.3) is 0 Å². The van der Waals surface area contributed by atoms with E-state index in [0.717, 1.165) is 0 Å². The summed E-state index contributed by atoms with van der Waals surface area (Å²) in [6.07, 6.45) is 1.17. The van der Waals surface area contributed by atoms with Crippen molar-refractivity contribution in [3.8, 4) is 0 Å². The number of hydrogen-bond acceptors (Lipinski definition) is 5. The Morgan fingerprint density at radius 2 is 1.70 bits per heavy atom. The van der Waals surface area contributed by atoms with E-state index in [1.165, 1.54) is 6.08 Å². The number of allylic oxidation sites excluding steroid dienone is 1. The molecule has 2 N–H and O–H groups in total. The second kappa shape index (κ2) is 10.6. The maximum atomic E-state index is 12.0. The third kappa shape index (κ3) is 9.55. The molecule has 7 nitrogen and oxygen atoms in total. The summed E-state index contributed by atoms with van der Waals surface area (Å²) < 4.78 is 9.90. The topological polar surface area (TPSA) is 93.7 Å². The van der Waals surface area contributed by atoms with Gasteiger partial charge in [-0.1, -0.05) is 27.7 Å². The Hall–Kier alpha value is -2.05. The van der Waals surface area contributed by atoms with Crippen molar-refractivity contribution in [2.75, 3.05) is 13.2 Å². The Kier molecular flexibility index (Phi) is 9.69. The average molecular weight is 328 g/mol. The molecule has 7 heteroatoms. The Bertz CT molecular complexity index is 444. The number of amides is 2. The van der Waals surface area contributed by atoms with Crippen molar-refractivity contribution < 1.29 is 23.9 Å². The minimum Gasteiger partial charge on any atom is -0.464 e. The lowest BCUT2D eigenvalue weighted by atomic mass is 10.1. The highest BCUT2D eigenvalue weighted by Crippen LogP contribution is 2.06. The normalized spacial score (nSPS) is 12.8. The molecule has 0 fully saturated rings. The predicted octanol–water partition coefficient (Wildman–Crippen LogP) is 1.98. The predicted molar refractivity (Wildman–Crippen MR) is 86.5 cm³/mol. The Balaban J connectivity index is 4.62. The second-order valence-corrected chi connectivity index (χ2v) is 5.92. The summed E-state index contributed by atoms with van der Waals surface area (Å²) in [7, 11) is 0. The van der Waals surface area contributed by atoms with Crippen molar-refractivity contribution in [3.63, 3.8) is 0 Å². The molecule has 23 heavy (non-hydrogen) atoms. The first-order valence-corrected chi connectivity index (χ1v) is 7.76. The number of urea groups is 1. The number of nitrogens with one attached hydrogen (secondary N) is 2. The molecule has 0 aliphatic carbocycles. The molecule has 0 unspecified atom stereocenters. The van der Waals surface area contributed by atoms with E-state index in [1.807, 2.05) is 27.7 Å². The minimum atomic E-state index is -0.760. The summed E-state index contributed by atoms with van der Waals surface area (Å²) in [6.45, 7) is 11.3. The van der Waals surface area contributed by atoms with Crippen LogP contribution in [0, 0.1) is 11.8 Å². The zero-order chi connectivity index (χ0) is 18.0. The quantitative estimate of drug-likeness (QED) is 0.525. The Morgan fingerprint density at radius 1 is 1.09 bits per heavy atom. The molecule has 0 aromatic heterocycles. The Morgan fingerprint density at radius 3 is 2.17 bits per heavy atom. The molecule has 1 atom stereocenters. The molecule has 132 valence electrons. The lowest BCUT2D eigenvalue weighted by Gasteiger charge is -2.21. The average Bonchev–Trinajstić information content (AvgIpc) is 2.41. The third-order valence-electron chi connectivity index (χ3n) is 2.70. The first-order valence-electron chi connectivity index (χ1n) is 7.76. The van der Waals surface area contributed by atoms with Crippen molar-refractivity contribution in [2.45, 2.75) is 47.6 Å². The van der Waals surface area contributed by atoms with Crippen molar-refractivity contribution in [2.24, 2.45) is 11.8 Å². The van der Waals surface area contributed by atoms with Gasteiger partial charge in [-0.2, -0.15) is 0 Å². The summed E-state index contributed by atoms with van der Waals surface area (Å²) in [4.78, 5) is 35.2. The van der Waals surface area contributed by atoms with E-state index in [-0.39, 0.29) is 18.4 Å². The molecule has 0 rings (SSSR count). The summed E-state index contributed by atoms with van der Waals surface area (Å²) >= 11 is 0. The van der Waals surface area contributed by atoms with Crippen LogP contribution >= 0.6 is 0 Å². The first-order chi connectivity index (χ1) is 10.7. The summed E-state index contributed by atoms with van der Waals surface area (Å²) in [5.74, 6) is -0.928. The van der Waals surface area contributed by atoms with Crippen LogP contribution in [0.3, 0.4) is 0 Å². The fourth-order valence-electron chi connectivity index (χ4n) is 1.59. The lowest BCUT2D eigenvalue weighted by molar-refractivity contribution is -0.148. The molecule has 2 amide bonds. The lowest BCUT2D eigenvalue weighted by Crippen LogP contribution is -2.49. The van der Waals surface area contributed by atoms with Crippen LogP contribution in [0.2, 0.25) is 0 Å². The molecule has 0 aliphatic heterocycles. The number of hydrogen-bond donors (Lipinski definition) is 2.